The van der Waals surface area contributed by atoms with E-state index in [2.05, 4.69) is 54.5 Å². The number of pyridine rings is 1. The highest BCUT2D eigenvalue weighted by molar-refractivity contribution is 5.85. The number of nitrogens with zero attached hydrogens (tertiary/aromatic N) is 7. The standard InChI is InChI=1S/C28H33FN8/c1-4-35-7-9-36(10-8-35)17-20-5-6-24(30-14-20)32-28-31-15-22(29)27(34-28)21-12-19(3)26-23(13-21)37-16-18(2)11-25(37)33-26/h5-6,12-15,18H,4,7-11,16-17H2,1-3H3,(H,30,31,32,34). The fourth-order valence-electron chi connectivity index (χ4n) is 5.48. The van der Waals surface area contributed by atoms with Crippen LogP contribution in [-0.4, -0.2) is 67.0 Å². The van der Waals surface area contributed by atoms with E-state index in [1.807, 2.05) is 31.3 Å². The van der Waals surface area contributed by atoms with E-state index in [1.54, 1.807) is 0 Å². The normalized spacial score (nSPS) is 18.4. The number of halogens is 1. The second-order valence-corrected chi connectivity index (χ2v) is 10.4. The van der Waals surface area contributed by atoms with Gasteiger partial charge in [0.1, 0.15) is 17.3 Å². The van der Waals surface area contributed by atoms with Crippen molar-refractivity contribution in [3.8, 4) is 11.3 Å². The minimum absolute atomic E-state index is 0.270. The summed E-state index contributed by atoms with van der Waals surface area (Å²) in [5, 5.41) is 3.14. The minimum atomic E-state index is -0.453. The SMILES string of the molecule is CCN1CCN(Cc2ccc(Nc3ncc(F)c(-c4cc(C)c5nc6n(c5c4)CC(C)C6)n3)nc2)CC1. The molecular formula is C28H33FN8. The Bertz CT molecular complexity index is 1420. The molecule has 0 aliphatic carbocycles. The second kappa shape index (κ2) is 9.79. The molecule has 3 aromatic heterocycles. The van der Waals surface area contributed by atoms with E-state index in [9.17, 15) is 4.39 Å². The monoisotopic (exact) mass is 500 g/mol. The Morgan fingerprint density at radius 1 is 1.03 bits per heavy atom. The van der Waals surface area contributed by atoms with Crippen LogP contribution in [0.5, 0.6) is 0 Å². The smallest absolute Gasteiger partial charge is 0.229 e. The van der Waals surface area contributed by atoms with Gasteiger partial charge in [-0.2, -0.15) is 0 Å². The predicted octanol–water partition coefficient (Wildman–Crippen LogP) is 4.41. The van der Waals surface area contributed by atoms with Crippen LogP contribution in [0, 0.1) is 18.7 Å². The van der Waals surface area contributed by atoms with Crippen molar-refractivity contribution in [2.24, 2.45) is 5.92 Å². The van der Waals surface area contributed by atoms with Crippen molar-refractivity contribution >= 4 is 22.8 Å². The van der Waals surface area contributed by atoms with E-state index in [0.29, 0.717) is 17.7 Å². The highest BCUT2D eigenvalue weighted by Gasteiger charge is 2.23. The van der Waals surface area contributed by atoms with Gasteiger partial charge in [0.25, 0.3) is 0 Å². The Morgan fingerprint density at radius 3 is 2.59 bits per heavy atom. The van der Waals surface area contributed by atoms with Crippen LogP contribution in [-0.2, 0) is 19.5 Å². The first-order chi connectivity index (χ1) is 18.0. The van der Waals surface area contributed by atoms with Crippen LogP contribution in [0.3, 0.4) is 0 Å². The number of rotatable bonds is 6. The molecule has 0 bridgehead atoms. The van der Waals surface area contributed by atoms with Gasteiger partial charge >= 0.3 is 0 Å². The van der Waals surface area contributed by atoms with E-state index in [4.69, 9.17) is 4.98 Å². The summed E-state index contributed by atoms with van der Waals surface area (Å²) in [7, 11) is 0. The zero-order chi connectivity index (χ0) is 25.5. The molecule has 5 heterocycles. The number of hydrogen-bond donors (Lipinski definition) is 1. The maximum Gasteiger partial charge on any atom is 0.229 e. The third-order valence-corrected chi connectivity index (χ3v) is 7.55. The van der Waals surface area contributed by atoms with Crippen LogP contribution in [0.1, 0.15) is 30.8 Å². The summed E-state index contributed by atoms with van der Waals surface area (Å²) in [6.07, 6.45) is 4.08. The second-order valence-electron chi connectivity index (χ2n) is 10.4. The minimum Gasteiger partial charge on any atom is -0.328 e. The number of piperazine rings is 1. The Morgan fingerprint density at radius 2 is 1.84 bits per heavy atom. The quantitative estimate of drug-likeness (QED) is 0.420. The molecule has 37 heavy (non-hydrogen) atoms. The molecule has 1 unspecified atom stereocenters. The van der Waals surface area contributed by atoms with Crippen molar-refractivity contribution < 1.29 is 4.39 Å². The van der Waals surface area contributed by atoms with Gasteiger partial charge in [0, 0.05) is 57.4 Å². The molecule has 0 amide bonds. The predicted molar refractivity (Wildman–Crippen MR) is 143 cm³/mol. The van der Waals surface area contributed by atoms with Gasteiger partial charge in [-0.1, -0.05) is 19.9 Å². The number of hydrogen-bond acceptors (Lipinski definition) is 7. The number of imidazole rings is 1. The molecule has 9 heteroatoms. The Kier molecular flexibility index (Phi) is 6.34. The number of fused-ring (bicyclic) bond motifs is 3. The lowest BCUT2D eigenvalue weighted by Crippen LogP contribution is -2.45. The summed E-state index contributed by atoms with van der Waals surface area (Å²) in [6.45, 7) is 13.8. The first kappa shape index (κ1) is 23.9. The summed E-state index contributed by atoms with van der Waals surface area (Å²) >= 11 is 0. The number of anilines is 2. The van der Waals surface area contributed by atoms with Gasteiger partial charge in [-0.05, 0) is 48.7 Å². The van der Waals surface area contributed by atoms with E-state index < -0.39 is 5.82 Å². The molecular weight excluding hydrogens is 467 g/mol. The van der Waals surface area contributed by atoms with E-state index in [0.717, 1.165) is 80.2 Å². The average Bonchev–Trinajstić information content (AvgIpc) is 3.43. The number of aryl methyl sites for hydroxylation is 1. The number of aromatic nitrogens is 5. The third-order valence-electron chi connectivity index (χ3n) is 7.55. The molecule has 8 nitrogen and oxygen atoms in total. The topological polar surface area (TPSA) is 75.0 Å². The van der Waals surface area contributed by atoms with Crippen LogP contribution in [0.4, 0.5) is 16.2 Å². The summed E-state index contributed by atoms with van der Waals surface area (Å²) in [6, 6.07) is 7.96. The molecule has 2 aliphatic heterocycles. The molecule has 0 spiro atoms. The molecule has 1 N–H and O–H groups in total. The molecule has 1 aromatic carbocycles. The molecule has 0 saturated carbocycles. The van der Waals surface area contributed by atoms with E-state index in [1.165, 1.54) is 11.8 Å². The number of likely N-dealkylation sites (N-methyl/N-ethyl adjacent to an activating group) is 1. The van der Waals surface area contributed by atoms with Gasteiger partial charge < -0.3 is 14.8 Å². The zero-order valence-corrected chi connectivity index (χ0v) is 21.7. The first-order valence-electron chi connectivity index (χ1n) is 13.2. The van der Waals surface area contributed by atoms with Gasteiger partial charge in [0.05, 0.1) is 17.2 Å². The first-order valence-corrected chi connectivity index (χ1v) is 13.2. The van der Waals surface area contributed by atoms with Gasteiger partial charge in [-0.15, -0.1) is 0 Å². The lowest BCUT2D eigenvalue weighted by atomic mass is 10.1. The molecule has 2 aliphatic rings. The highest BCUT2D eigenvalue weighted by Crippen LogP contribution is 2.32. The molecule has 4 aromatic rings. The summed E-state index contributed by atoms with van der Waals surface area (Å²) in [4.78, 5) is 23.0. The summed E-state index contributed by atoms with van der Waals surface area (Å²) in [5.41, 5.74) is 5.20. The van der Waals surface area contributed by atoms with Crippen molar-refractivity contribution in [1.82, 2.24) is 34.3 Å². The fraction of sp³-hybridized carbons (Fsp3) is 0.429. The van der Waals surface area contributed by atoms with Crippen molar-refractivity contribution in [3.05, 3.63) is 59.4 Å². The van der Waals surface area contributed by atoms with Gasteiger partial charge in [0.2, 0.25) is 5.95 Å². The average molecular weight is 501 g/mol. The molecule has 6 rings (SSSR count). The van der Waals surface area contributed by atoms with Crippen molar-refractivity contribution in [2.45, 2.75) is 40.3 Å². The summed E-state index contributed by atoms with van der Waals surface area (Å²) < 4.78 is 17.2. The van der Waals surface area contributed by atoms with Gasteiger partial charge in [-0.25, -0.2) is 24.3 Å². The largest absolute Gasteiger partial charge is 0.328 e. The Hall–Kier alpha value is -3.43. The molecule has 1 fully saturated rings. The maximum atomic E-state index is 14.9. The number of nitrogens with one attached hydrogen (secondary N) is 1. The van der Waals surface area contributed by atoms with Crippen molar-refractivity contribution in [3.63, 3.8) is 0 Å². The summed E-state index contributed by atoms with van der Waals surface area (Å²) in [5.74, 6) is 2.16. The van der Waals surface area contributed by atoms with Crippen LogP contribution in [0.15, 0.2) is 36.7 Å². The van der Waals surface area contributed by atoms with Crippen LogP contribution in [0.2, 0.25) is 0 Å². The fourth-order valence-corrected chi connectivity index (χ4v) is 5.48. The number of benzene rings is 1. The molecule has 1 saturated heterocycles. The van der Waals surface area contributed by atoms with Gasteiger partial charge in [0.15, 0.2) is 5.82 Å². The molecule has 1 atom stereocenters. The highest BCUT2D eigenvalue weighted by atomic mass is 19.1. The Labute approximate surface area is 216 Å². The lowest BCUT2D eigenvalue weighted by Gasteiger charge is -2.33. The van der Waals surface area contributed by atoms with Gasteiger partial charge in [-0.3, -0.25) is 4.90 Å². The molecule has 0 radical (unpaired) electrons. The van der Waals surface area contributed by atoms with E-state index in [-0.39, 0.29) is 5.69 Å². The lowest BCUT2D eigenvalue weighted by molar-refractivity contribution is 0.132. The van der Waals surface area contributed by atoms with Crippen molar-refractivity contribution in [2.75, 3.05) is 38.0 Å². The van der Waals surface area contributed by atoms with E-state index >= 15 is 0 Å². The van der Waals surface area contributed by atoms with Crippen LogP contribution in [0.25, 0.3) is 22.3 Å². The van der Waals surface area contributed by atoms with Crippen molar-refractivity contribution in [1.29, 1.82) is 0 Å². The zero-order valence-electron chi connectivity index (χ0n) is 21.7. The third kappa shape index (κ3) is 4.81. The maximum absolute atomic E-state index is 14.9. The Balaban J connectivity index is 1.20. The molecule has 192 valence electrons. The van der Waals surface area contributed by atoms with Crippen LogP contribution >= 0.6 is 0 Å². The van der Waals surface area contributed by atoms with Crippen LogP contribution < -0.4 is 5.32 Å².